The fourth-order valence-corrected chi connectivity index (χ4v) is 0.139. The SMILES string of the molecule is CC(C=N)[C@H](C)O. The van der Waals surface area contributed by atoms with Crippen molar-refractivity contribution in [2.24, 2.45) is 5.92 Å². The normalized spacial score (nSPS) is 18.1. The molecule has 0 aromatic heterocycles. The van der Waals surface area contributed by atoms with Gasteiger partial charge in [0.1, 0.15) is 0 Å². The van der Waals surface area contributed by atoms with Crippen molar-refractivity contribution in [2.75, 3.05) is 0 Å². The highest BCUT2D eigenvalue weighted by atomic mass is 16.3. The van der Waals surface area contributed by atoms with Gasteiger partial charge in [-0.1, -0.05) is 6.92 Å². The van der Waals surface area contributed by atoms with Crippen LogP contribution < -0.4 is 0 Å². The largest absolute Gasteiger partial charge is 0.393 e. The first kappa shape index (κ1) is 6.63. The van der Waals surface area contributed by atoms with Crippen LogP contribution in [0.3, 0.4) is 0 Å². The van der Waals surface area contributed by atoms with E-state index in [1.165, 1.54) is 6.21 Å². The van der Waals surface area contributed by atoms with Crippen LogP contribution in [0.25, 0.3) is 0 Å². The Kier molecular flexibility index (Phi) is 2.60. The summed E-state index contributed by atoms with van der Waals surface area (Å²) < 4.78 is 0. The molecular formula is C5H11NO. The van der Waals surface area contributed by atoms with Crippen molar-refractivity contribution in [3.05, 3.63) is 0 Å². The van der Waals surface area contributed by atoms with Crippen LogP contribution in [0.4, 0.5) is 0 Å². The molecule has 0 aromatic rings. The molecule has 0 radical (unpaired) electrons. The second-order valence-electron chi connectivity index (χ2n) is 1.77. The molecule has 0 bridgehead atoms. The van der Waals surface area contributed by atoms with Crippen molar-refractivity contribution in [1.82, 2.24) is 0 Å². The summed E-state index contributed by atoms with van der Waals surface area (Å²) in [5, 5.41) is 15.3. The van der Waals surface area contributed by atoms with Gasteiger partial charge in [-0.05, 0) is 6.92 Å². The Balaban J connectivity index is 3.33. The van der Waals surface area contributed by atoms with E-state index in [4.69, 9.17) is 10.5 Å². The van der Waals surface area contributed by atoms with Gasteiger partial charge in [0.2, 0.25) is 0 Å². The Morgan fingerprint density at radius 3 is 2.00 bits per heavy atom. The van der Waals surface area contributed by atoms with Crippen molar-refractivity contribution >= 4 is 6.21 Å². The molecule has 2 nitrogen and oxygen atoms in total. The summed E-state index contributed by atoms with van der Waals surface area (Å²) in [5.41, 5.74) is 0. The van der Waals surface area contributed by atoms with Gasteiger partial charge in [-0.2, -0.15) is 0 Å². The van der Waals surface area contributed by atoms with E-state index in [1.54, 1.807) is 13.8 Å². The molecule has 1 unspecified atom stereocenters. The van der Waals surface area contributed by atoms with Crippen LogP contribution >= 0.6 is 0 Å². The molecule has 0 rings (SSSR count). The monoisotopic (exact) mass is 101 g/mol. The fraction of sp³-hybridized carbons (Fsp3) is 0.800. The van der Waals surface area contributed by atoms with Crippen molar-refractivity contribution in [3.8, 4) is 0 Å². The predicted molar refractivity (Wildman–Crippen MR) is 29.6 cm³/mol. The Morgan fingerprint density at radius 1 is 1.57 bits per heavy atom. The third kappa shape index (κ3) is 2.34. The molecule has 0 amide bonds. The highest BCUT2D eigenvalue weighted by molar-refractivity contribution is 5.56. The lowest BCUT2D eigenvalue weighted by Gasteiger charge is -2.05. The van der Waals surface area contributed by atoms with Crippen molar-refractivity contribution in [3.63, 3.8) is 0 Å². The average molecular weight is 101 g/mol. The predicted octanol–water partition coefficient (Wildman–Crippen LogP) is 0.653. The Morgan fingerprint density at radius 2 is 2.00 bits per heavy atom. The van der Waals surface area contributed by atoms with Gasteiger partial charge in [-0.15, -0.1) is 0 Å². The first-order valence-corrected chi connectivity index (χ1v) is 2.37. The molecule has 2 N–H and O–H groups in total. The van der Waals surface area contributed by atoms with E-state index >= 15 is 0 Å². The zero-order chi connectivity index (χ0) is 5.86. The van der Waals surface area contributed by atoms with Crippen LogP contribution in [-0.4, -0.2) is 17.4 Å². The smallest absolute Gasteiger partial charge is 0.0586 e. The summed E-state index contributed by atoms with van der Waals surface area (Å²) in [5.74, 6) is -0.000000000000000222. The van der Waals surface area contributed by atoms with Gasteiger partial charge < -0.3 is 10.5 Å². The van der Waals surface area contributed by atoms with E-state index in [1.807, 2.05) is 0 Å². The lowest BCUT2D eigenvalue weighted by atomic mass is 10.1. The topological polar surface area (TPSA) is 44.1 Å². The second kappa shape index (κ2) is 2.75. The average Bonchev–Trinajstić information content (AvgIpc) is 1.65. The van der Waals surface area contributed by atoms with E-state index in [-0.39, 0.29) is 12.0 Å². The van der Waals surface area contributed by atoms with E-state index in [9.17, 15) is 0 Å². The van der Waals surface area contributed by atoms with E-state index in [0.29, 0.717) is 0 Å². The second-order valence-corrected chi connectivity index (χ2v) is 1.77. The van der Waals surface area contributed by atoms with E-state index in [2.05, 4.69) is 0 Å². The molecule has 2 heteroatoms. The van der Waals surface area contributed by atoms with Crippen LogP contribution in [0.15, 0.2) is 0 Å². The molecule has 0 aliphatic carbocycles. The molecule has 0 aromatic carbocycles. The number of aliphatic hydroxyl groups excluding tert-OH is 1. The summed E-state index contributed by atoms with van der Waals surface area (Å²) in [6, 6.07) is 0. The molecule has 0 heterocycles. The molecule has 0 aliphatic rings. The highest BCUT2D eigenvalue weighted by Gasteiger charge is 2.01. The van der Waals surface area contributed by atoms with Gasteiger partial charge in [-0.25, -0.2) is 0 Å². The van der Waals surface area contributed by atoms with Crippen molar-refractivity contribution in [1.29, 1.82) is 5.41 Å². The third-order valence-electron chi connectivity index (χ3n) is 1.02. The minimum atomic E-state index is -0.377. The van der Waals surface area contributed by atoms with Gasteiger partial charge >= 0.3 is 0 Å². The van der Waals surface area contributed by atoms with Gasteiger partial charge in [0.25, 0.3) is 0 Å². The summed E-state index contributed by atoms with van der Waals surface area (Å²) in [6.45, 7) is 3.48. The Labute approximate surface area is 43.7 Å². The van der Waals surface area contributed by atoms with Crippen LogP contribution in [-0.2, 0) is 0 Å². The minimum absolute atomic E-state index is 0.000000000000000222. The van der Waals surface area contributed by atoms with E-state index < -0.39 is 0 Å². The maximum atomic E-state index is 8.67. The summed E-state index contributed by atoms with van der Waals surface area (Å²) in [4.78, 5) is 0. The Hall–Kier alpha value is -0.370. The number of hydrogen-bond acceptors (Lipinski definition) is 2. The number of aliphatic hydroxyl groups is 1. The minimum Gasteiger partial charge on any atom is -0.393 e. The zero-order valence-electron chi connectivity index (χ0n) is 4.68. The standard InChI is InChI=1S/C5H11NO/c1-4(3-6)5(2)7/h3-7H,1-2H3/t4?,5-/m0/s1. The van der Waals surface area contributed by atoms with Gasteiger partial charge in [0.15, 0.2) is 0 Å². The number of nitrogens with one attached hydrogen (secondary N) is 1. The molecule has 42 valence electrons. The molecule has 0 fully saturated rings. The first-order chi connectivity index (χ1) is 3.18. The van der Waals surface area contributed by atoms with Crippen molar-refractivity contribution in [2.45, 2.75) is 20.0 Å². The van der Waals surface area contributed by atoms with Gasteiger partial charge in [0.05, 0.1) is 6.10 Å². The van der Waals surface area contributed by atoms with Crippen LogP contribution in [0.2, 0.25) is 0 Å². The van der Waals surface area contributed by atoms with Crippen LogP contribution in [0.5, 0.6) is 0 Å². The molecular weight excluding hydrogens is 90.1 g/mol. The maximum absolute atomic E-state index is 8.67. The summed E-state index contributed by atoms with van der Waals surface area (Å²) >= 11 is 0. The molecule has 0 spiro atoms. The highest BCUT2D eigenvalue weighted by Crippen LogP contribution is 1.95. The van der Waals surface area contributed by atoms with Gasteiger partial charge in [0, 0.05) is 12.1 Å². The van der Waals surface area contributed by atoms with Gasteiger partial charge in [-0.3, -0.25) is 0 Å². The molecule has 0 aliphatic heterocycles. The van der Waals surface area contributed by atoms with Crippen molar-refractivity contribution < 1.29 is 5.11 Å². The zero-order valence-corrected chi connectivity index (χ0v) is 4.68. The number of hydrogen-bond donors (Lipinski definition) is 2. The molecule has 2 atom stereocenters. The quantitative estimate of drug-likeness (QED) is 0.493. The Bertz CT molecular complexity index is 61.1. The third-order valence-corrected chi connectivity index (χ3v) is 1.02. The molecule has 7 heavy (non-hydrogen) atoms. The maximum Gasteiger partial charge on any atom is 0.0586 e. The molecule has 0 saturated carbocycles. The van der Waals surface area contributed by atoms with Crippen LogP contribution in [0.1, 0.15) is 13.8 Å². The summed E-state index contributed by atoms with van der Waals surface area (Å²) in [7, 11) is 0. The summed E-state index contributed by atoms with van der Waals surface area (Å²) in [6.07, 6.45) is 0.863. The number of rotatable bonds is 2. The lowest BCUT2D eigenvalue weighted by molar-refractivity contribution is 0.167. The fourth-order valence-electron chi connectivity index (χ4n) is 0.139. The molecule has 0 saturated heterocycles. The van der Waals surface area contributed by atoms with Crippen LogP contribution in [0, 0.1) is 11.3 Å². The first-order valence-electron chi connectivity index (χ1n) is 2.37. The lowest BCUT2D eigenvalue weighted by Crippen LogP contribution is -2.12. The van der Waals surface area contributed by atoms with E-state index in [0.717, 1.165) is 0 Å².